The van der Waals surface area contributed by atoms with Gasteiger partial charge < -0.3 is 20.3 Å². The molecule has 314 valence electrons. The van der Waals surface area contributed by atoms with E-state index in [0.717, 1.165) is 0 Å². The lowest BCUT2D eigenvalue weighted by atomic mass is 10.0. The molecule has 2 fully saturated rings. The van der Waals surface area contributed by atoms with Gasteiger partial charge in [-0.2, -0.15) is 0 Å². The zero-order valence-corrected chi connectivity index (χ0v) is 38.0. The first-order valence-corrected chi connectivity index (χ1v) is 20.7. The normalized spacial score (nSPS) is 15.3. The predicted octanol–water partition coefficient (Wildman–Crippen LogP) is 11.0. The van der Waals surface area contributed by atoms with E-state index in [1.165, 1.54) is 16.9 Å². The molecule has 0 aliphatic carbocycles. The maximum absolute atomic E-state index is 13.4. The average molecular weight is 938 g/mol. The van der Waals surface area contributed by atoms with Crippen LogP contribution in [0.2, 0.25) is 20.1 Å². The zero-order chi connectivity index (χ0) is 45.1. The van der Waals surface area contributed by atoms with Crippen molar-refractivity contribution in [3.8, 4) is 0 Å². The van der Waals surface area contributed by atoms with Crippen molar-refractivity contribution in [2.45, 2.75) is 64.5 Å². The van der Waals surface area contributed by atoms with Crippen LogP contribution in [0.25, 0.3) is 9.69 Å². The number of thiocarbonyl (C=S) groups is 2. The average Bonchev–Trinajstić information content (AvgIpc) is 3.50. The van der Waals surface area contributed by atoms with Gasteiger partial charge in [-0.05, 0) is 125 Å². The quantitative estimate of drug-likeness (QED) is 0.0711. The van der Waals surface area contributed by atoms with Gasteiger partial charge in [0.1, 0.15) is 16.9 Å². The van der Waals surface area contributed by atoms with Gasteiger partial charge in [0.15, 0.2) is 10.2 Å². The van der Waals surface area contributed by atoms with E-state index in [-0.39, 0.29) is 63.7 Å². The second-order valence-corrected chi connectivity index (χ2v) is 17.1. The molecule has 12 nitrogen and oxygen atoms in total. The van der Waals surface area contributed by atoms with Crippen molar-refractivity contribution in [1.82, 2.24) is 0 Å². The Morgan fingerprint density at radius 3 is 1.54 bits per heavy atom. The minimum atomic E-state index is -1.03. The van der Waals surface area contributed by atoms with E-state index < -0.39 is 11.1 Å². The summed E-state index contributed by atoms with van der Waals surface area (Å²) in [6.07, 6.45) is 0.868. The molecule has 2 aliphatic rings. The Morgan fingerprint density at radius 1 is 0.672 bits per heavy atom. The van der Waals surface area contributed by atoms with Crippen LogP contribution in [0, 0.1) is 13.1 Å². The lowest BCUT2D eigenvalue weighted by Gasteiger charge is -2.30. The first-order chi connectivity index (χ1) is 28.7. The highest BCUT2D eigenvalue weighted by molar-refractivity contribution is 7.81. The van der Waals surface area contributed by atoms with E-state index in [0.29, 0.717) is 61.3 Å². The molecule has 2 N–H and O–H groups in total. The second kappa shape index (κ2) is 18.7. The third kappa shape index (κ3) is 9.46. The maximum Gasteiger partial charge on any atom is 0.305 e. The molecule has 4 aromatic carbocycles. The number of rotatable bonds is 10. The second-order valence-electron chi connectivity index (χ2n) is 14.8. The number of halogens is 4. The number of benzene rings is 4. The number of ether oxygens (including phenoxy) is 1. The summed E-state index contributed by atoms with van der Waals surface area (Å²) in [6.45, 7) is 21.3. The first kappa shape index (κ1) is 46.7. The number of Topliss-reactive ketones (excluding diaryl/α,β-unsaturated/α-hetero) is 1. The Morgan fingerprint density at radius 2 is 1.11 bits per heavy atom. The van der Waals surface area contributed by atoms with E-state index in [9.17, 15) is 19.2 Å². The van der Waals surface area contributed by atoms with Crippen molar-refractivity contribution in [3.05, 3.63) is 121 Å². The van der Waals surface area contributed by atoms with Crippen molar-refractivity contribution < 1.29 is 23.9 Å². The Labute approximate surface area is 384 Å². The Bertz CT molecular complexity index is 2590. The molecule has 0 bridgehead atoms. The smallest absolute Gasteiger partial charge is 0.305 e. The van der Waals surface area contributed by atoms with Crippen molar-refractivity contribution >= 4 is 144 Å². The monoisotopic (exact) mass is 935 g/mol. The minimum absolute atomic E-state index is 0.0662. The lowest BCUT2D eigenvalue weighted by Crippen LogP contribution is -2.44. The van der Waals surface area contributed by atoms with Crippen LogP contribution in [0.5, 0.6) is 0 Å². The molecule has 4 aromatic rings. The van der Waals surface area contributed by atoms with Gasteiger partial charge in [0, 0.05) is 45.7 Å². The van der Waals surface area contributed by atoms with E-state index in [1.807, 2.05) is 0 Å². The van der Waals surface area contributed by atoms with Gasteiger partial charge >= 0.3 is 5.97 Å². The summed E-state index contributed by atoms with van der Waals surface area (Å²) in [7, 11) is 1.31. The number of methoxy groups -OCH3 is 1. The molecular weight excluding hydrogens is 900 g/mol. The SMILES string of the molecule is [C-]#[N+]c1ccc(N2C(=O)C(C)(C)N(c3ccc(Cl)c(CC(=O)CCCC(=O)OC)c3)C2=S)cc1Cl.[C-]#[N+]c1ccc(N2C(=O)C(C)(C)N(c3ccc(Cl)c(N)c3)C2=S)cc1Cl. The Hall–Kier alpha value is -5.32. The molecule has 0 radical (unpaired) electrons. The zero-order valence-electron chi connectivity index (χ0n) is 33.4. The van der Waals surface area contributed by atoms with Crippen LogP contribution >= 0.6 is 70.8 Å². The number of hydrogen-bond acceptors (Lipinski definition) is 8. The molecule has 61 heavy (non-hydrogen) atoms. The van der Waals surface area contributed by atoms with Crippen LogP contribution in [0.4, 0.5) is 39.8 Å². The molecular formula is C43H37Cl4N7O5S2. The van der Waals surface area contributed by atoms with Crippen molar-refractivity contribution in [1.29, 1.82) is 0 Å². The van der Waals surface area contributed by atoms with E-state index in [1.54, 1.807) is 110 Å². The molecule has 2 heterocycles. The van der Waals surface area contributed by atoms with Crippen LogP contribution in [0.3, 0.4) is 0 Å². The van der Waals surface area contributed by atoms with Crippen molar-refractivity contribution in [2.75, 3.05) is 32.4 Å². The number of nitrogens with two attached hydrogens (primary N) is 1. The van der Waals surface area contributed by atoms with Gasteiger partial charge in [-0.1, -0.05) is 58.5 Å². The fraction of sp³-hybridized carbons (Fsp3) is 0.256. The van der Waals surface area contributed by atoms with Crippen LogP contribution in [0.1, 0.15) is 52.5 Å². The van der Waals surface area contributed by atoms with Crippen LogP contribution in [-0.4, -0.2) is 52.0 Å². The Kier molecular flexibility index (Phi) is 14.4. The summed E-state index contributed by atoms with van der Waals surface area (Å²) in [6, 6.07) is 19.8. The summed E-state index contributed by atoms with van der Waals surface area (Å²) in [5.74, 6) is -0.891. The fourth-order valence-electron chi connectivity index (χ4n) is 6.70. The van der Waals surface area contributed by atoms with Crippen LogP contribution in [0.15, 0.2) is 72.8 Å². The van der Waals surface area contributed by atoms with Gasteiger partial charge in [0.25, 0.3) is 11.8 Å². The Balaban J connectivity index is 0.000000241. The maximum atomic E-state index is 13.4. The van der Waals surface area contributed by atoms with E-state index in [4.69, 9.17) is 89.7 Å². The summed E-state index contributed by atoms with van der Waals surface area (Å²) in [5, 5.41) is 1.88. The van der Waals surface area contributed by atoms with Crippen LogP contribution < -0.4 is 25.3 Å². The van der Waals surface area contributed by atoms with Crippen molar-refractivity contribution in [2.24, 2.45) is 0 Å². The molecule has 2 amide bonds. The molecule has 0 unspecified atom stereocenters. The number of carbonyl (C=O) groups excluding carboxylic acids is 4. The van der Waals surface area contributed by atoms with E-state index in [2.05, 4.69) is 14.4 Å². The molecule has 18 heteroatoms. The number of carbonyl (C=O) groups is 4. The highest BCUT2D eigenvalue weighted by Crippen LogP contribution is 2.41. The third-order valence-electron chi connectivity index (χ3n) is 9.93. The summed E-state index contributed by atoms with van der Waals surface area (Å²) < 4.78 is 4.60. The number of anilines is 5. The third-order valence-corrected chi connectivity index (χ3v) is 12.0. The van der Waals surface area contributed by atoms with Gasteiger partial charge in [0.05, 0.1) is 42.3 Å². The van der Waals surface area contributed by atoms with E-state index >= 15 is 0 Å². The topological polar surface area (TPSA) is 125 Å². The number of amides is 2. The molecule has 2 aliphatic heterocycles. The molecule has 0 spiro atoms. The van der Waals surface area contributed by atoms with Crippen molar-refractivity contribution in [3.63, 3.8) is 0 Å². The van der Waals surface area contributed by atoms with Gasteiger partial charge in [-0.15, -0.1) is 0 Å². The first-order valence-electron chi connectivity index (χ1n) is 18.3. The predicted molar refractivity (Wildman–Crippen MR) is 251 cm³/mol. The largest absolute Gasteiger partial charge is 0.469 e. The number of nitrogen functional groups attached to an aromatic ring is 1. The van der Waals surface area contributed by atoms with Gasteiger partial charge in [-0.3, -0.25) is 29.0 Å². The van der Waals surface area contributed by atoms with Gasteiger partial charge in [-0.25, -0.2) is 9.69 Å². The summed E-state index contributed by atoms with van der Waals surface area (Å²) >= 11 is 36.0. The lowest BCUT2D eigenvalue weighted by molar-refractivity contribution is -0.140. The van der Waals surface area contributed by atoms with Crippen LogP contribution in [-0.2, 0) is 30.3 Å². The fourth-order valence-corrected chi connectivity index (χ4v) is 8.48. The summed E-state index contributed by atoms with van der Waals surface area (Å²) in [5.41, 5.74) is 7.80. The minimum Gasteiger partial charge on any atom is -0.469 e. The molecule has 0 aromatic heterocycles. The number of ketones is 1. The molecule has 0 atom stereocenters. The van der Waals surface area contributed by atoms with Gasteiger partial charge in [0.2, 0.25) is 11.4 Å². The molecule has 0 saturated carbocycles. The summed E-state index contributed by atoms with van der Waals surface area (Å²) in [4.78, 5) is 63.1. The molecule has 2 saturated heterocycles. The molecule has 6 rings (SSSR count). The standard InChI is InChI=1S/C25H23Cl2N3O4S.C18H14Cl2N4OS/c1-25(2)23(33)29(16-9-11-21(28-3)20(27)14-16)24(35)30(25)17-8-10-19(26)15(12-17)13-18(31)6-5-7-22(32)34-4;1-18(2)16(25)23(10-5-7-15(22-3)13(20)8-10)17(26)24(18)11-4-6-12(19)14(21)9-11/h8-12,14H,5-7,13H2,1-2,4H3;4-9H,21H2,1-2H3. The number of nitrogens with zero attached hydrogens (tertiary/aromatic N) is 6. The highest BCUT2D eigenvalue weighted by atomic mass is 35.5. The number of hydrogen-bond donors (Lipinski definition) is 1. The highest BCUT2D eigenvalue weighted by Gasteiger charge is 2.51. The number of esters is 1.